The Labute approximate surface area is 113 Å². The van der Waals surface area contributed by atoms with Gasteiger partial charge in [0.15, 0.2) is 5.13 Å². The highest BCUT2D eigenvalue weighted by molar-refractivity contribution is 9.10. The minimum Gasteiger partial charge on any atom is -0.316 e. The van der Waals surface area contributed by atoms with Crippen molar-refractivity contribution in [1.29, 1.82) is 0 Å². The molecule has 5 heteroatoms. The van der Waals surface area contributed by atoms with Crippen molar-refractivity contribution >= 4 is 38.2 Å². The second kappa shape index (κ2) is 5.14. The number of nitrogens with zero attached hydrogens (tertiary/aromatic N) is 2. The van der Waals surface area contributed by atoms with Gasteiger partial charge in [0.25, 0.3) is 0 Å². The molecule has 2 rings (SSSR count). The van der Waals surface area contributed by atoms with Gasteiger partial charge >= 0.3 is 0 Å². The van der Waals surface area contributed by atoms with Crippen LogP contribution < -0.4 is 5.32 Å². The number of halogens is 1. The monoisotopic (exact) mass is 311 g/mol. The number of rotatable bonds is 3. The Hall–Kier alpha value is -0.940. The van der Waals surface area contributed by atoms with Crippen LogP contribution in [0.1, 0.15) is 23.1 Å². The number of aromatic nitrogens is 2. The zero-order valence-corrected chi connectivity index (χ0v) is 12.4. The molecule has 0 fully saturated rings. The fraction of sp³-hybridized carbons (Fsp3) is 0.333. The molecule has 2 heterocycles. The molecular weight excluding hydrogens is 298 g/mol. The van der Waals surface area contributed by atoms with Crippen molar-refractivity contribution in [2.45, 2.75) is 27.2 Å². The van der Waals surface area contributed by atoms with Gasteiger partial charge < -0.3 is 5.32 Å². The quantitative estimate of drug-likeness (QED) is 0.922. The first-order valence-corrected chi connectivity index (χ1v) is 7.06. The zero-order chi connectivity index (χ0) is 12.4. The van der Waals surface area contributed by atoms with Gasteiger partial charge in [0.05, 0.1) is 5.69 Å². The lowest BCUT2D eigenvalue weighted by Gasteiger charge is -2.05. The lowest BCUT2D eigenvalue weighted by molar-refractivity contribution is 1.04. The first kappa shape index (κ1) is 12.5. The van der Waals surface area contributed by atoms with Gasteiger partial charge in [-0.1, -0.05) is 6.92 Å². The van der Waals surface area contributed by atoms with E-state index in [1.54, 1.807) is 17.5 Å². The summed E-state index contributed by atoms with van der Waals surface area (Å²) in [5.74, 6) is 0.865. The van der Waals surface area contributed by atoms with Gasteiger partial charge in [-0.15, -0.1) is 11.3 Å². The van der Waals surface area contributed by atoms with Crippen LogP contribution in [0.5, 0.6) is 0 Å². The van der Waals surface area contributed by atoms with Crippen molar-refractivity contribution in [2.24, 2.45) is 0 Å². The molecule has 1 N–H and O–H groups in total. The van der Waals surface area contributed by atoms with Gasteiger partial charge in [0, 0.05) is 15.5 Å². The van der Waals surface area contributed by atoms with Gasteiger partial charge in [0.1, 0.15) is 5.82 Å². The number of anilines is 2. The van der Waals surface area contributed by atoms with Crippen LogP contribution in [0.2, 0.25) is 0 Å². The van der Waals surface area contributed by atoms with Gasteiger partial charge in [0.2, 0.25) is 0 Å². The fourth-order valence-electron chi connectivity index (χ4n) is 1.58. The predicted octanol–water partition coefficient (Wildman–Crippen LogP) is 4.22. The number of pyridine rings is 1. The molecule has 90 valence electrons. The van der Waals surface area contributed by atoms with Crippen molar-refractivity contribution in [2.75, 3.05) is 5.32 Å². The third-order valence-corrected chi connectivity index (χ3v) is 3.86. The summed E-state index contributed by atoms with van der Waals surface area (Å²) < 4.78 is 0.991. The molecule has 0 saturated carbocycles. The summed E-state index contributed by atoms with van der Waals surface area (Å²) in [4.78, 5) is 10.2. The van der Waals surface area contributed by atoms with Crippen molar-refractivity contribution < 1.29 is 0 Å². The van der Waals surface area contributed by atoms with E-state index in [1.165, 1.54) is 4.88 Å². The third-order valence-electron chi connectivity index (χ3n) is 2.50. The second-order valence-corrected chi connectivity index (χ2v) is 5.94. The smallest absolute Gasteiger partial charge is 0.188 e. The Morgan fingerprint density at radius 3 is 2.76 bits per heavy atom. The lowest BCUT2D eigenvalue weighted by atomic mass is 10.3. The Balaban J connectivity index is 2.25. The number of aryl methyl sites for hydroxylation is 3. The Morgan fingerprint density at radius 1 is 1.41 bits per heavy atom. The third kappa shape index (κ3) is 2.84. The van der Waals surface area contributed by atoms with E-state index in [0.29, 0.717) is 0 Å². The molecule has 2 aromatic rings. The SMILES string of the molecule is CCc1nc(Nc2ncc(Br)cc2C)sc1C. The maximum absolute atomic E-state index is 4.54. The summed E-state index contributed by atoms with van der Waals surface area (Å²) >= 11 is 5.08. The van der Waals surface area contributed by atoms with Crippen LogP contribution in [0.25, 0.3) is 0 Å². The van der Waals surface area contributed by atoms with Crippen molar-refractivity contribution in [3.63, 3.8) is 0 Å². The first-order valence-electron chi connectivity index (χ1n) is 5.45. The predicted molar refractivity (Wildman–Crippen MR) is 76.2 cm³/mol. The molecule has 0 spiro atoms. The average Bonchev–Trinajstić information content (AvgIpc) is 2.63. The van der Waals surface area contributed by atoms with Gasteiger partial charge in [-0.3, -0.25) is 0 Å². The molecule has 0 bridgehead atoms. The Bertz CT molecular complexity index is 537. The molecule has 0 amide bonds. The van der Waals surface area contributed by atoms with Gasteiger partial charge in [-0.25, -0.2) is 9.97 Å². The molecule has 17 heavy (non-hydrogen) atoms. The van der Waals surface area contributed by atoms with Crippen molar-refractivity contribution in [3.8, 4) is 0 Å². The van der Waals surface area contributed by atoms with E-state index in [0.717, 1.165) is 33.1 Å². The molecule has 0 unspecified atom stereocenters. The highest BCUT2D eigenvalue weighted by atomic mass is 79.9. The van der Waals surface area contributed by atoms with E-state index in [9.17, 15) is 0 Å². The van der Waals surface area contributed by atoms with Crippen molar-refractivity contribution in [3.05, 3.63) is 32.9 Å². The molecule has 0 atom stereocenters. The van der Waals surface area contributed by atoms with Crippen LogP contribution in [-0.4, -0.2) is 9.97 Å². The molecule has 0 aliphatic heterocycles. The number of nitrogens with one attached hydrogen (secondary N) is 1. The Kier molecular flexibility index (Phi) is 3.79. The molecule has 0 radical (unpaired) electrons. The van der Waals surface area contributed by atoms with E-state index in [1.807, 2.05) is 13.0 Å². The fourth-order valence-corrected chi connectivity index (χ4v) is 2.93. The van der Waals surface area contributed by atoms with E-state index in [-0.39, 0.29) is 0 Å². The average molecular weight is 312 g/mol. The number of hydrogen-bond donors (Lipinski definition) is 1. The van der Waals surface area contributed by atoms with Crippen LogP contribution in [0, 0.1) is 13.8 Å². The van der Waals surface area contributed by atoms with E-state index in [4.69, 9.17) is 0 Å². The Morgan fingerprint density at radius 2 is 2.18 bits per heavy atom. The number of hydrogen-bond acceptors (Lipinski definition) is 4. The van der Waals surface area contributed by atoms with E-state index < -0.39 is 0 Å². The van der Waals surface area contributed by atoms with Crippen LogP contribution >= 0.6 is 27.3 Å². The second-order valence-electron chi connectivity index (χ2n) is 3.82. The summed E-state index contributed by atoms with van der Waals surface area (Å²) in [6, 6.07) is 2.04. The van der Waals surface area contributed by atoms with Gasteiger partial charge in [-0.05, 0) is 47.8 Å². The zero-order valence-electron chi connectivity index (χ0n) is 10.0. The summed E-state index contributed by atoms with van der Waals surface area (Å²) in [5.41, 5.74) is 2.26. The summed E-state index contributed by atoms with van der Waals surface area (Å²) in [5, 5.41) is 4.18. The summed E-state index contributed by atoms with van der Waals surface area (Å²) in [6.45, 7) is 6.25. The normalized spacial score (nSPS) is 10.6. The topological polar surface area (TPSA) is 37.8 Å². The highest BCUT2D eigenvalue weighted by Crippen LogP contribution is 2.26. The maximum atomic E-state index is 4.54. The molecule has 0 aliphatic rings. The largest absolute Gasteiger partial charge is 0.316 e. The summed E-state index contributed by atoms with van der Waals surface area (Å²) in [7, 11) is 0. The number of thiazole rings is 1. The lowest BCUT2D eigenvalue weighted by Crippen LogP contribution is -1.96. The van der Waals surface area contributed by atoms with Crippen LogP contribution in [0.3, 0.4) is 0 Å². The molecule has 3 nitrogen and oxygen atoms in total. The molecule has 0 aromatic carbocycles. The maximum Gasteiger partial charge on any atom is 0.188 e. The standard InChI is InChI=1S/C12H14BrN3S/c1-4-10-8(3)17-12(15-10)16-11-7(2)5-9(13)6-14-11/h5-6H,4H2,1-3H3,(H,14,15,16). The first-order chi connectivity index (χ1) is 8.10. The van der Waals surface area contributed by atoms with Gasteiger partial charge in [-0.2, -0.15) is 0 Å². The molecule has 0 aliphatic carbocycles. The van der Waals surface area contributed by atoms with Crippen LogP contribution in [-0.2, 0) is 6.42 Å². The van der Waals surface area contributed by atoms with E-state index >= 15 is 0 Å². The highest BCUT2D eigenvalue weighted by Gasteiger charge is 2.08. The van der Waals surface area contributed by atoms with E-state index in [2.05, 4.69) is 45.1 Å². The minimum absolute atomic E-state index is 0.865. The van der Waals surface area contributed by atoms with Crippen LogP contribution in [0.4, 0.5) is 10.9 Å². The van der Waals surface area contributed by atoms with Crippen molar-refractivity contribution in [1.82, 2.24) is 9.97 Å². The summed E-state index contributed by atoms with van der Waals surface area (Å²) in [6.07, 6.45) is 2.76. The molecule has 0 saturated heterocycles. The van der Waals surface area contributed by atoms with Crippen LogP contribution in [0.15, 0.2) is 16.7 Å². The molecular formula is C12H14BrN3S. The molecule has 2 aromatic heterocycles. The minimum atomic E-state index is 0.865.